The van der Waals surface area contributed by atoms with Crippen LogP contribution in [-0.2, 0) is 0 Å². The van der Waals surface area contributed by atoms with Crippen molar-refractivity contribution < 1.29 is 9.53 Å². The molecule has 1 heterocycles. The highest BCUT2D eigenvalue weighted by Crippen LogP contribution is 2.37. The quantitative estimate of drug-likeness (QED) is 0.684. The first-order chi connectivity index (χ1) is 15.7. The minimum Gasteiger partial charge on any atom is -0.496 e. The molecule has 2 aromatic rings. The maximum Gasteiger partial charge on any atom is 0.255 e. The van der Waals surface area contributed by atoms with E-state index in [-0.39, 0.29) is 11.9 Å². The zero-order valence-electron chi connectivity index (χ0n) is 18.3. The van der Waals surface area contributed by atoms with E-state index in [0.717, 1.165) is 44.3 Å². The van der Waals surface area contributed by atoms with Gasteiger partial charge in [0.25, 0.3) is 5.91 Å². The largest absolute Gasteiger partial charge is 0.496 e. The number of nitriles is 1. The molecule has 0 spiro atoms. The summed E-state index contributed by atoms with van der Waals surface area (Å²) < 4.78 is 5.39. The number of amides is 1. The molecule has 1 amide bonds. The maximum atomic E-state index is 13.2. The predicted molar refractivity (Wildman–Crippen MR) is 123 cm³/mol. The van der Waals surface area contributed by atoms with Crippen molar-refractivity contribution in [2.45, 2.75) is 37.8 Å². The number of carbonyl (C=O) groups excluding carboxylic acids is 1. The fourth-order valence-electron chi connectivity index (χ4n) is 4.93. The molecule has 4 rings (SSSR count). The maximum absolute atomic E-state index is 13.2. The summed E-state index contributed by atoms with van der Waals surface area (Å²) in [6.07, 6.45) is 5.89. The molecule has 2 aromatic carbocycles. The fraction of sp³-hybridized carbons (Fsp3) is 0.400. The molecule has 2 N–H and O–H groups in total. The Balaban J connectivity index is 1.49. The van der Waals surface area contributed by atoms with Crippen molar-refractivity contribution in [1.82, 2.24) is 15.5 Å². The van der Waals surface area contributed by atoms with E-state index in [2.05, 4.69) is 32.7 Å². The molecule has 1 saturated carbocycles. The average Bonchev–Trinajstić information content (AvgIpc) is 3.31. The molecule has 1 aliphatic heterocycles. The molecule has 2 aliphatic rings. The molecular formula is C25H29N5O2. The van der Waals surface area contributed by atoms with Gasteiger partial charge in [-0.2, -0.15) is 5.26 Å². The Bertz CT molecular complexity index is 993. The Morgan fingerprint density at radius 1 is 1.16 bits per heavy atom. The minimum absolute atomic E-state index is 0.0708. The zero-order chi connectivity index (χ0) is 22.3. The summed E-state index contributed by atoms with van der Waals surface area (Å²) in [5.41, 5.74) is 1.67. The van der Waals surface area contributed by atoms with Crippen LogP contribution in [0.3, 0.4) is 0 Å². The van der Waals surface area contributed by atoms with Crippen LogP contribution in [0.4, 0.5) is 0 Å². The zero-order valence-corrected chi connectivity index (χ0v) is 18.3. The highest BCUT2D eigenvalue weighted by atomic mass is 16.5. The summed E-state index contributed by atoms with van der Waals surface area (Å²) in [6, 6.07) is 17.8. The van der Waals surface area contributed by atoms with Gasteiger partial charge in [-0.05, 0) is 49.3 Å². The molecule has 166 valence electrons. The SMILES string of the molecule is COc1ccccc1C(=O)NC(c1ccccc1)C1CCC(N2CCNC2=NC#N)CC1. The predicted octanol–water partition coefficient (Wildman–Crippen LogP) is 3.47. The van der Waals surface area contributed by atoms with Gasteiger partial charge in [0.2, 0.25) is 12.2 Å². The van der Waals surface area contributed by atoms with Crippen molar-refractivity contribution in [3.63, 3.8) is 0 Å². The van der Waals surface area contributed by atoms with Gasteiger partial charge in [-0.15, -0.1) is 4.99 Å². The van der Waals surface area contributed by atoms with Crippen LogP contribution in [0.1, 0.15) is 47.6 Å². The topological polar surface area (TPSA) is 89.8 Å². The third-order valence-electron chi connectivity index (χ3n) is 6.51. The van der Waals surface area contributed by atoms with E-state index in [4.69, 9.17) is 10.00 Å². The second-order valence-electron chi connectivity index (χ2n) is 8.29. The van der Waals surface area contributed by atoms with E-state index in [1.807, 2.05) is 42.6 Å². The number of hydrogen-bond acceptors (Lipinski definition) is 4. The number of nitrogens with zero attached hydrogens (tertiary/aromatic N) is 3. The number of benzene rings is 2. The Morgan fingerprint density at radius 3 is 2.59 bits per heavy atom. The van der Waals surface area contributed by atoms with Gasteiger partial charge in [-0.1, -0.05) is 42.5 Å². The van der Waals surface area contributed by atoms with Crippen LogP contribution in [0.25, 0.3) is 0 Å². The van der Waals surface area contributed by atoms with Crippen molar-refractivity contribution in [2.75, 3.05) is 20.2 Å². The van der Waals surface area contributed by atoms with Crippen molar-refractivity contribution in [1.29, 1.82) is 5.26 Å². The van der Waals surface area contributed by atoms with Crippen LogP contribution in [0.15, 0.2) is 59.6 Å². The summed E-state index contributed by atoms with van der Waals surface area (Å²) in [6.45, 7) is 1.70. The second-order valence-corrected chi connectivity index (χ2v) is 8.29. The van der Waals surface area contributed by atoms with E-state index < -0.39 is 0 Å². The smallest absolute Gasteiger partial charge is 0.255 e. The molecule has 1 atom stereocenters. The molecule has 1 aliphatic carbocycles. The van der Waals surface area contributed by atoms with Gasteiger partial charge in [-0.3, -0.25) is 4.79 Å². The third-order valence-corrected chi connectivity index (χ3v) is 6.51. The van der Waals surface area contributed by atoms with Crippen LogP contribution < -0.4 is 15.4 Å². The number of methoxy groups -OCH3 is 1. The van der Waals surface area contributed by atoms with Crippen molar-refractivity contribution in [2.24, 2.45) is 10.9 Å². The molecule has 7 nitrogen and oxygen atoms in total. The molecule has 0 radical (unpaired) electrons. The standard InChI is InChI=1S/C25H29N5O2/c1-32-22-10-6-5-9-21(22)24(31)29-23(18-7-3-2-4-8-18)19-11-13-20(14-12-19)30-16-15-27-25(30)28-17-26/h2-10,19-20,23H,11-16H2,1H3,(H,27,28)(H,29,31). The lowest BCUT2D eigenvalue weighted by molar-refractivity contribution is 0.0900. The van der Waals surface area contributed by atoms with Gasteiger partial charge in [0.1, 0.15) is 5.75 Å². The van der Waals surface area contributed by atoms with E-state index in [1.165, 1.54) is 0 Å². The van der Waals surface area contributed by atoms with E-state index >= 15 is 0 Å². The Hall–Kier alpha value is -3.53. The van der Waals surface area contributed by atoms with Crippen LogP contribution >= 0.6 is 0 Å². The summed E-state index contributed by atoms with van der Waals surface area (Å²) in [5.74, 6) is 1.48. The highest BCUT2D eigenvalue weighted by molar-refractivity contribution is 5.97. The molecule has 32 heavy (non-hydrogen) atoms. The number of aliphatic imine (C=N–C) groups is 1. The highest BCUT2D eigenvalue weighted by Gasteiger charge is 2.34. The lowest BCUT2D eigenvalue weighted by Crippen LogP contribution is -2.43. The molecule has 0 aromatic heterocycles. The van der Waals surface area contributed by atoms with E-state index in [1.54, 1.807) is 13.2 Å². The van der Waals surface area contributed by atoms with Gasteiger partial charge >= 0.3 is 0 Å². The van der Waals surface area contributed by atoms with Crippen LogP contribution in [0.5, 0.6) is 5.75 Å². The summed E-state index contributed by atoms with van der Waals surface area (Å²) >= 11 is 0. The minimum atomic E-state index is -0.120. The van der Waals surface area contributed by atoms with Gasteiger partial charge in [-0.25, -0.2) is 0 Å². The number of guanidine groups is 1. The molecule has 2 fully saturated rings. The number of ether oxygens (including phenoxy) is 1. The summed E-state index contributed by atoms with van der Waals surface area (Å²) in [5, 5.41) is 15.4. The number of para-hydroxylation sites is 1. The Labute approximate surface area is 189 Å². The molecule has 1 unspecified atom stereocenters. The van der Waals surface area contributed by atoms with Crippen molar-refractivity contribution in [3.05, 3.63) is 65.7 Å². The number of rotatable bonds is 6. The Kier molecular flexibility index (Phi) is 6.90. The average molecular weight is 432 g/mol. The van der Waals surface area contributed by atoms with E-state index in [9.17, 15) is 4.79 Å². The first-order valence-electron chi connectivity index (χ1n) is 11.2. The molecule has 7 heteroatoms. The summed E-state index contributed by atoms with van der Waals surface area (Å²) in [7, 11) is 1.58. The Morgan fingerprint density at radius 2 is 1.88 bits per heavy atom. The summed E-state index contributed by atoms with van der Waals surface area (Å²) in [4.78, 5) is 19.4. The number of hydrogen-bond donors (Lipinski definition) is 2. The third kappa shape index (κ3) is 4.70. The van der Waals surface area contributed by atoms with Crippen LogP contribution in [0.2, 0.25) is 0 Å². The first-order valence-corrected chi connectivity index (χ1v) is 11.2. The lowest BCUT2D eigenvalue weighted by Gasteiger charge is -2.38. The lowest BCUT2D eigenvalue weighted by atomic mass is 9.78. The number of carbonyl (C=O) groups is 1. The fourth-order valence-corrected chi connectivity index (χ4v) is 4.93. The van der Waals surface area contributed by atoms with Gasteiger partial charge in [0.15, 0.2) is 0 Å². The molecule has 1 saturated heterocycles. The van der Waals surface area contributed by atoms with Gasteiger partial charge < -0.3 is 20.3 Å². The van der Waals surface area contributed by atoms with Crippen LogP contribution in [-0.4, -0.2) is 43.0 Å². The first kappa shape index (κ1) is 21.7. The van der Waals surface area contributed by atoms with Gasteiger partial charge in [0, 0.05) is 19.1 Å². The van der Waals surface area contributed by atoms with E-state index in [0.29, 0.717) is 29.2 Å². The number of nitrogens with one attached hydrogen (secondary N) is 2. The van der Waals surface area contributed by atoms with Crippen molar-refractivity contribution in [3.8, 4) is 11.9 Å². The molecule has 0 bridgehead atoms. The van der Waals surface area contributed by atoms with Crippen LogP contribution in [0, 0.1) is 17.4 Å². The van der Waals surface area contributed by atoms with Gasteiger partial charge in [0.05, 0.1) is 18.7 Å². The second kappa shape index (κ2) is 10.2. The monoisotopic (exact) mass is 431 g/mol. The van der Waals surface area contributed by atoms with Crippen molar-refractivity contribution >= 4 is 11.9 Å². The normalized spacial score (nSPS) is 22.6. The molecular weight excluding hydrogens is 402 g/mol.